The van der Waals surface area contributed by atoms with Crippen LogP contribution in [0.1, 0.15) is 38.2 Å². The highest BCUT2D eigenvalue weighted by molar-refractivity contribution is 6.52. The molecule has 1 aromatic rings. The molecule has 0 atom stereocenters. The Hall–Kier alpha value is -0.0138. The van der Waals surface area contributed by atoms with Crippen LogP contribution in [-0.4, -0.2) is 20.4 Å². The van der Waals surface area contributed by atoms with Crippen LogP contribution in [-0.2, 0) is 6.42 Å². The zero-order valence-corrected chi connectivity index (χ0v) is 11.0. The summed E-state index contributed by atoms with van der Waals surface area (Å²) in [6.45, 7) is 2.27. The van der Waals surface area contributed by atoms with Gasteiger partial charge in [0, 0.05) is 0 Å². The van der Waals surface area contributed by atoms with Gasteiger partial charge in [-0.1, -0.05) is 56.0 Å². The summed E-state index contributed by atoms with van der Waals surface area (Å²) in [6.07, 6.45) is 6.81. The molecule has 0 radical (unpaired) electrons. The van der Waals surface area contributed by atoms with E-state index in [1.54, 1.807) is 9.26 Å². The van der Waals surface area contributed by atoms with E-state index in [-0.39, 0.29) is 20.4 Å². The van der Waals surface area contributed by atoms with Crippen LogP contribution in [0.15, 0.2) is 24.3 Å². The minimum atomic E-state index is 0.0229. The van der Waals surface area contributed by atoms with Crippen LogP contribution >= 0.6 is 0 Å². The highest BCUT2D eigenvalue weighted by atomic mass is 24.5. The van der Waals surface area contributed by atoms with Crippen LogP contribution in [0.4, 0.5) is 0 Å². The molecule has 0 heterocycles. The van der Waals surface area contributed by atoms with E-state index < -0.39 is 0 Å². The molecule has 1 rings (SSSR count). The third-order valence-corrected chi connectivity index (χ3v) is 4.25. The van der Waals surface area contributed by atoms with Crippen molar-refractivity contribution in [3.8, 4) is 0 Å². The lowest BCUT2D eigenvalue weighted by Gasteiger charge is -2.07. The molecule has 0 fully saturated rings. The second-order valence-corrected chi connectivity index (χ2v) is 5.40. The minimum Gasteiger partial charge on any atom is -0.171 e. The van der Waals surface area contributed by atoms with Gasteiger partial charge in [0.2, 0.25) is 0 Å². The fourth-order valence-corrected chi connectivity index (χ4v) is 3.01. The van der Waals surface area contributed by atoms with Crippen molar-refractivity contribution < 1.29 is 0 Å². The zero-order valence-electron chi connectivity index (χ0n) is 9.55. The summed E-state index contributed by atoms with van der Waals surface area (Å²) in [7, 11) is 0. The molecule has 0 bridgehead atoms. The molecule has 14 heavy (non-hydrogen) atoms. The zero-order chi connectivity index (χ0) is 10.2. The average Bonchev–Trinajstić information content (AvgIpc) is 2.25. The fraction of sp³-hybridized carbons (Fsp3) is 0.538. The Balaban J connectivity index is 2.41. The summed E-state index contributed by atoms with van der Waals surface area (Å²) in [5.41, 5.74) is 1.62. The van der Waals surface area contributed by atoms with E-state index in [1.165, 1.54) is 32.1 Å². The molecule has 0 aliphatic carbocycles. The normalized spacial score (nSPS) is 9.86. The molecule has 0 unspecified atom stereocenters. The van der Waals surface area contributed by atoms with E-state index >= 15 is 0 Å². The lowest BCUT2D eigenvalue weighted by molar-refractivity contribution is 0.668. The van der Waals surface area contributed by atoms with Crippen LogP contribution in [0, 0.1) is 0 Å². The van der Waals surface area contributed by atoms with Gasteiger partial charge in [-0.05, 0) is 12.8 Å². The molecule has 0 nitrogen and oxygen atoms in total. The number of unbranched alkanes of at least 4 members (excludes halogenated alkanes) is 3. The lowest BCUT2D eigenvalue weighted by atomic mass is 10.1. The summed E-state index contributed by atoms with van der Waals surface area (Å²) < 4.78 is 1.67. The van der Waals surface area contributed by atoms with Crippen molar-refractivity contribution >= 4 is 24.1 Å². The monoisotopic (exact) mass is 200 g/mol. The van der Waals surface area contributed by atoms with Gasteiger partial charge >= 0.3 is 20.4 Å². The van der Waals surface area contributed by atoms with Crippen molar-refractivity contribution in [2.75, 3.05) is 0 Å². The Morgan fingerprint density at radius 3 is 2.57 bits per heavy atom. The standard InChI is InChI=1S/C12H17.CH3.Mg/c1-2-3-4-6-9-12-10-7-5-8-11-12;;/h5,7-8,10H,2-4,6,9H2,1H3;1H3;. The third kappa shape index (κ3) is 4.01. The van der Waals surface area contributed by atoms with Crippen LogP contribution < -0.4 is 3.69 Å². The van der Waals surface area contributed by atoms with Crippen LogP contribution in [0.3, 0.4) is 0 Å². The summed E-state index contributed by atoms with van der Waals surface area (Å²) in [6, 6.07) is 9.00. The molecule has 74 valence electrons. The van der Waals surface area contributed by atoms with Gasteiger partial charge < -0.3 is 0 Å². The van der Waals surface area contributed by atoms with E-state index in [0.29, 0.717) is 0 Å². The van der Waals surface area contributed by atoms with Crippen molar-refractivity contribution in [1.29, 1.82) is 0 Å². The van der Waals surface area contributed by atoms with Gasteiger partial charge in [-0.15, -0.1) is 5.05 Å². The molecule has 0 saturated heterocycles. The van der Waals surface area contributed by atoms with Gasteiger partial charge in [0.15, 0.2) is 0 Å². The number of hydrogen-bond donors (Lipinski definition) is 0. The SMILES string of the molecule is CCCCCCc1cccc[c]1[Mg][CH3]. The molecule has 0 aliphatic rings. The van der Waals surface area contributed by atoms with E-state index in [0.717, 1.165) is 0 Å². The van der Waals surface area contributed by atoms with Crippen molar-refractivity contribution in [3.05, 3.63) is 29.8 Å². The van der Waals surface area contributed by atoms with E-state index in [2.05, 4.69) is 36.2 Å². The molecule has 0 aliphatic heterocycles. The smallest absolute Gasteiger partial charge is 0.171 e. The van der Waals surface area contributed by atoms with Crippen LogP contribution in [0.2, 0.25) is 5.05 Å². The highest BCUT2D eigenvalue weighted by Crippen LogP contribution is 2.05. The molecule has 1 aromatic carbocycles. The van der Waals surface area contributed by atoms with Crippen molar-refractivity contribution in [3.63, 3.8) is 0 Å². The maximum atomic E-state index is 2.38. The van der Waals surface area contributed by atoms with Gasteiger partial charge in [0.1, 0.15) is 0 Å². The lowest BCUT2D eigenvalue weighted by Crippen LogP contribution is -2.16. The number of aryl methyl sites for hydroxylation is 1. The Morgan fingerprint density at radius 1 is 1.07 bits per heavy atom. The first-order valence-electron chi connectivity index (χ1n) is 5.95. The average molecular weight is 201 g/mol. The van der Waals surface area contributed by atoms with Gasteiger partial charge in [0.05, 0.1) is 0 Å². The Bertz CT molecular complexity index is 255. The predicted octanol–water partition coefficient (Wildman–Crippen LogP) is 3.19. The summed E-state index contributed by atoms with van der Waals surface area (Å²) in [5, 5.41) is 2.38. The molecule has 0 saturated carbocycles. The first kappa shape index (κ1) is 12.1. The predicted molar refractivity (Wildman–Crippen MR) is 65.5 cm³/mol. The van der Waals surface area contributed by atoms with E-state index in [1.807, 2.05) is 0 Å². The minimum absolute atomic E-state index is 0.0229. The third-order valence-electron chi connectivity index (χ3n) is 2.80. The Kier molecular flexibility index (Phi) is 6.29. The second-order valence-electron chi connectivity index (χ2n) is 3.93. The van der Waals surface area contributed by atoms with Gasteiger partial charge in [0.25, 0.3) is 0 Å². The highest BCUT2D eigenvalue weighted by Gasteiger charge is 1.99. The number of benzene rings is 1. The molecule has 1 heteroatoms. The molecular formula is C13H20Mg. The molecule has 0 N–H and O–H groups in total. The Morgan fingerprint density at radius 2 is 1.86 bits per heavy atom. The van der Waals surface area contributed by atoms with Gasteiger partial charge in [-0.25, -0.2) is 0 Å². The van der Waals surface area contributed by atoms with Crippen LogP contribution in [0.25, 0.3) is 0 Å². The topological polar surface area (TPSA) is 0 Å². The molecule has 0 aromatic heterocycles. The largest absolute Gasteiger partial charge is 0.405 e. The quantitative estimate of drug-likeness (QED) is 0.489. The van der Waals surface area contributed by atoms with Gasteiger partial charge in [-0.2, -0.15) is 3.69 Å². The second kappa shape index (κ2) is 7.30. The van der Waals surface area contributed by atoms with Crippen molar-refractivity contribution in [1.82, 2.24) is 0 Å². The Labute approximate surface area is 97.8 Å². The number of rotatable bonds is 6. The first-order chi connectivity index (χ1) is 6.88. The summed E-state index contributed by atoms with van der Waals surface area (Å²) in [4.78, 5) is 0. The van der Waals surface area contributed by atoms with E-state index in [9.17, 15) is 0 Å². The maximum absolute atomic E-state index is 2.38. The van der Waals surface area contributed by atoms with Crippen molar-refractivity contribution in [2.24, 2.45) is 0 Å². The molecular weight excluding hydrogens is 180 g/mol. The van der Waals surface area contributed by atoms with Crippen molar-refractivity contribution in [2.45, 2.75) is 44.1 Å². The number of hydrogen-bond acceptors (Lipinski definition) is 0. The van der Waals surface area contributed by atoms with E-state index in [4.69, 9.17) is 0 Å². The van der Waals surface area contributed by atoms with Crippen LogP contribution in [0.5, 0.6) is 0 Å². The molecule has 0 spiro atoms. The molecule has 0 amide bonds. The maximum Gasteiger partial charge on any atom is 0.405 e. The first-order valence-corrected chi connectivity index (χ1v) is 8.07. The fourth-order valence-electron chi connectivity index (χ4n) is 1.89. The van der Waals surface area contributed by atoms with Gasteiger partial charge in [-0.3, -0.25) is 0 Å². The summed E-state index contributed by atoms with van der Waals surface area (Å²) >= 11 is 0.0229. The summed E-state index contributed by atoms with van der Waals surface area (Å²) in [5.74, 6) is 0.